The number of anilines is 1. The van der Waals surface area contributed by atoms with Gasteiger partial charge in [-0.15, -0.1) is 0 Å². The highest BCUT2D eigenvalue weighted by Crippen LogP contribution is 2.19. The van der Waals surface area contributed by atoms with E-state index >= 15 is 0 Å². The quantitative estimate of drug-likeness (QED) is 0.794. The number of aliphatic hydroxyl groups is 1. The van der Waals surface area contributed by atoms with Crippen LogP contribution >= 0.6 is 0 Å². The molecule has 0 fully saturated rings. The molecule has 1 rings (SSSR count). The SMILES string of the molecule is CCNC(C)(CO)CCN(C)c1cc(C)cc(C)c1. The summed E-state index contributed by atoms with van der Waals surface area (Å²) in [5, 5.41) is 12.9. The third kappa shape index (κ3) is 4.84. The van der Waals surface area contributed by atoms with Gasteiger partial charge in [0, 0.05) is 24.8 Å². The normalized spacial score (nSPS) is 14.2. The number of hydrogen-bond acceptors (Lipinski definition) is 3. The standard InChI is InChI=1S/C16H28N2O/c1-6-17-16(4,12-19)7-8-18(5)15-10-13(2)9-14(3)11-15/h9-11,17,19H,6-8,12H2,1-5H3. The van der Waals surface area contributed by atoms with Gasteiger partial charge in [0.1, 0.15) is 0 Å². The Morgan fingerprint density at radius 1 is 1.21 bits per heavy atom. The van der Waals surface area contributed by atoms with Gasteiger partial charge in [0.05, 0.1) is 6.61 Å². The molecule has 1 unspecified atom stereocenters. The molecule has 2 N–H and O–H groups in total. The predicted octanol–water partition coefficient (Wildman–Crippen LogP) is 2.49. The van der Waals surface area contributed by atoms with Gasteiger partial charge in [0.2, 0.25) is 0 Å². The van der Waals surface area contributed by atoms with Crippen molar-refractivity contribution in [2.45, 2.75) is 39.7 Å². The molecule has 0 radical (unpaired) electrons. The van der Waals surface area contributed by atoms with E-state index in [1.165, 1.54) is 16.8 Å². The van der Waals surface area contributed by atoms with E-state index < -0.39 is 0 Å². The highest BCUT2D eigenvalue weighted by atomic mass is 16.3. The largest absolute Gasteiger partial charge is 0.394 e. The molecular formula is C16H28N2O. The summed E-state index contributed by atoms with van der Waals surface area (Å²) in [6, 6.07) is 6.60. The predicted molar refractivity (Wildman–Crippen MR) is 83.0 cm³/mol. The van der Waals surface area contributed by atoms with Gasteiger partial charge in [-0.3, -0.25) is 0 Å². The molecule has 0 spiro atoms. The molecule has 0 aliphatic carbocycles. The molecule has 19 heavy (non-hydrogen) atoms. The molecular weight excluding hydrogens is 236 g/mol. The van der Waals surface area contributed by atoms with Crippen LogP contribution in [-0.2, 0) is 0 Å². The molecule has 1 atom stereocenters. The summed E-state index contributed by atoms with van der Waals surface area (Å²) in [4.78, 5) is 2.26. The number of hydrogen-bond donors (Lipinski definition) is 2. The van der Waals surface area contributed by atoms with E-state index in [1.54, 1.807) is 0 Å². The Hall–Kier alpha value is -1.06. The molecule has 0 saturated heterocycles. The summed E-state index contributed by atoms with van der Waals surface area (Å²) >= 11 is 0. The summed E-state index contributed by atoms with van der Waals surface area (Å²) in [5.74, 6) is 0. The van der Waals surface area contributed by atoms with Crippen molar-refractivity contribution < 1.29 is 5.11 Å². The number of nitrogens with one attached hydrogen (secondary N) is 1. The fourth-order valence-electron chi connectivity index (χ4n) is 2.36. The molecule has 0 aliphatic heterocycles. The number of aliphatic hydroxyl groups excluding tert-OH is 1. The average molecular weight is 264 g/mol. The first-order valence-electron chi connectivity index (χ1n) is 7.05. The van der Waals surface area contributed by atoms with Crippen LogP contribution in [0.15, 0.2) is 18.2 Å². The van der Waals surface area contributed by atoms with E-state index in [0.717, 1.165) is 19.5 Å². The number of rotatable bonds is 7. The lowest BCUT2D eigenvalue weighted by Gasteiger charge is -2.31. The number of likely N-dealkylation sites (N-methyl/N-ethyl adjacent to an activating group) is 1. The molecule has 3 heteroatoms. The fourth-order valence-corrected chi connectivity index (χ4v) is 2.36. The minimum absolute atomic E-state index is 0.168. The van der Waals surface area contributed by atoms with Crippen LogP contribution < -0.4 is 10.2 Å². The van der Waals surface area contributed by atoms with Crippen molar-refractivity contribution in [3.05, 3.63) is 29.3 Å². The van der Waals surface area contributed by atoms with Gasteiger partial charge in [0.25, 0.3) is 0 Å². The van der Waals surface area contributed by atoms with Crippen LogP contribution in [0.2, 0.25) is 0 Å². The average Bonchev–Trinajstić information content (AvgIpc) is 2.35. The van der Waals surface area contributed by atoms with Crippen molar-refractivity contribution in [1.82, 2.24) is 5.32 Å². The minimum atomic E-state index is -0.193. The second-order valence-corrected chi connectivity index (χ2v) is 5.77. The monoisotopic (exact) mass is 264 g/mol. The van der Waals surface area contributed by atoms with Crippen LogP contribution in [0.5, 0.6) is 0 Å². The van der Waals surface area contributed by atoms with Crippen molar-refractivity contribution >= 4 is 5.69 Å². The lowest BCUT2D eigenvalue weighted by atomic mass is 9.98. The first-order valence-corrected chi connectivity index (χ1v) is 7.05. The van der Waals surface area contributed by atoms with Gasteiger partial charge in [-0.1, -0.05) is 13.0 Å². The molecule has 1 aromatic rings. The summed E-state index contributed by atoms with van der Waals surface area (Å²) < 4.78 is 0. The van der Waals surface area contributed by atoms with E-state index in [0.29, 0.717) is 0 Å². The van der Waals surface area contributed by atoms with Gasteiger partial charge < -0.3 is 15.3 Å². The second kappa shape index (κ2) is 6.92. The maximum absolute atomic E-state index is 9.51. The Labute approximate surface area is 117 Å². The summed E-state index contributed by atoms with van der Waals surface area (Å²) in [7, 11) is 2.11. The lowest BCUT2D eigenvalue weighted by Crippen LogP contribution is -2.47. The first kappa shape index (κ1) is 16.0. The fraction of sp³-hybridized carbons (Fsp3) is 0.625. The van der Waals surface area contributed by atoms with Crippen molar-refractivity contribution in [1.29, 1.82) is 0 Å². The van der Waals surface area contributed by atoms with Gasteiger partial charge in [0.15, 0.2) is 0 Å². The molecule has 0 bridgehead atoms. The molecule has 0 aromatic heterocycles. The van der Waals surface area contributed by atoms with E-state index in [-0.39, 0.29) is 12.1 Å². The zero-order valence-corrected chi connectivity index (χ0v) is 13.0. The van der Waals surface area contributed by atoms with Crippen molar-refractivity contribution in [2.75, 3.05) is 31.6 Å². The summed E-state index contributed by atoms with van der Waals surface area (Å²) in [6.45, 7) is 10.4. The van der Waals surface area contributed by atoms with Gasteiger partial charge >= 0.3 is 0 Å². The number of aryl methyl sites for hydroxylation is 2. The number of nitrogens with zero attached hydrogens (tertiary/aromatic N) is 1. The van der Waals surface area contributed by atoms with E-state index in [9.17, 15) is 5.11 Å². The minimum Gasteiger partial charge on any atom is -0.394 e. The van der Waals surface area contributed by atoms with Crippen LogP contribution in [0.1, 0.15) is 31.4 Å². The first-order chi connectivity index (χ1) is 8.90. The Morgan fingerprint density at radius 2 is 1.79 bits per heavy atom. The van der Waals surface area contributed by atoms with Gasteiger partial charge in [-0.2, -0.15) is 0 Å². The Balaban J connectivity index is 2.66. The smallest absolute Gasteiger partial charge is 0.0611 e. The van der Waals surface area contributed by atoms with Crippen LogP contribution in [0.25, 0.3) is 0 Å². The molecule has 0 saturated carbocycles. The van der Waals surface area contributed by atoms with Crippen molar-refractivity contribution in [3.63, 3.8) is 0 Å². The van der Waals surface area contributed by atoms with Crippen LogP contribution in [0, 0.1) is 13.8 Å². The van der Waals surface area contributed by atoms with E-state index in [1.807, 2.05) is 0 Å². The highest BCUT2D eigenvalue weighted by molar-refractivity contribution is 5.50. The second-order valence-electron chi connectivity index (χ2n) is 5.77. The Kier molecular flexibility index (Phi) is 5.83. The molecule has 0 aliphatic rings. The maximum Gasteiger partial charge on any atom is 0.0611 e. The Morgan fingerprint density at radius 3 is 2.26 bits per heavy atom. The molecule has 0 amide bonds. The van der Waals surface area contributed by atoms with Crippen molar-refractivity contribution in [3.8, 4) is 0 Å². The number of benzene rings is 1. The van der Waals surface area contributed by atoms with Crippen LogP contribution in [0.3, 0.4) is 0 Å². The van der Waals surface area contributed by atoms with E-state index in [2.05, 4.69) is 63.2 Å². The molecule has 3 nitrogen and oxygen atoms in total. The molecule has 1 aromatic carbocycles. The highest BCUT2D eigenvalue weighted by Gasteiger charge is 2.22. The van der Waals surface area contributed by atoms with Crippen LogP contribution in [0.4, 0.5) is 5.69 Å². The van der Waals surface area contributed by atoms with Crippen molar-refractivity contribution in [2.24, 2.45) is 0 Å². The zero-order chi connectivity index (χ0) is 14.5. The van der Waals surface area contributed by atoms with Gasteiger partial charge in [-0.05, 0) is 57.0 Å². The third-order valence-electron chi connectivity index (χ3n) is 3.60. The molecule has 108 valence electrons. The maximum atomic E-state index is 9.51. The third-order valence-corrected chi connectivity index (χ3v) is 3.60. The van der Waals surface area contributed by atoms with Gasteiger partial charge in [-0.25, -0.2) is 0 Å². The molecule has 0 heterocycles. The van der Waals surface area contributed by atoms with Crippen LogP contribution in [-0.4, -0.2) is 37.4 Å². The zero-order valence-electron chi connectivity index (χ0n) is 13.0. The Bertz CT molecular complexity index is 385. The summed E-state index contributed by atoms with van der Waals surface area (Å²) in [6.07, 6.45) is 0.917. The lowest BCUT2D eigenvalue weighted by molar-refractivity contribution is 0.169. The topological polar surface area (TPSA) is 35.5 Å². The summed E-state index contributed by atoms with van der Waals surface area (Å²) in [5.41, 5.74) is 3.63. The van der Waals surface area contributed by atoms with E-state index in [4.69, 9.17) is 0 Å².